The zero-order chi connectivity index (χ0) is 64.0. The van der Waals surface area contributed by atoms with Crippen LogP contribution in [-0.4, -0.2) is 258 Å². The van der Waals surface area contributed by atoms with Gasteiger partial charge < -0.3 is 75.6 Å². The minimum atomic E-state index is -3.07. The molecule has 0 bridgehead atoms. The SMILES string of the molecule is CCC1CN1C(C)CCNC(=O)OCCOCCC[Si]1(C)O[Si](C)(CCCOCCOC(=O)NCCC(C)N2CC2CC)O[Si](C)(CCCOCCOC(=O)NCCC(C)N2CC2CC)O[Si](C)(CCCOCCOC(=O)NCCC(C)N2CC2CC)O1. The van der Waals surface area contributed by atoms with Crippen LogP contribution in [0.15, 0.2) is 0 Å². The quantitative estimate of drug-likeness (QED) is 0.0194. The minimum absolute atomic E-state index is 0.139. The maximum atomic E-state index is 12.5. The second-order valence-corrected chi connectivity index (χ2v) is 40.0. The highest BCUT2D eigenvalue weighted by atomic mass is 28.5. The molecular weight excluding hydrogens is 1200 g/mol. The van der Waals surface area contributed by atoms with Crippen LogP contribution in [0.4, 0.5) is 19.2 Å². The standard InChI is InChI=1S/C60H120N8O16Si4/c1-13-53-45-65(53)49(5)21-25-61-57(69)77-37-33-73-29-17-41-85(9)81-86(10,42-18-30-74-34-38-78-58(70)62-26-22-50(6)66-46-54(66)14-2)83-88(12,44-20-32-76-36-40-80-60(72)64-28-24-52(8)68-48-56(68)16-4)84-87(11,82-85)43-19-31-75-35-39-79-59(71)63-27-23-51(7)67-47-55(67)15-3/h49-56H,13-48H2,1-12H3,(H,61,69)(H,62,70)(H,63,71)(H,64,72). The van der Waals surface area contributed by atoms with E-state index in [0.717, 1.165) is 77.5 Å². The molecule has 0 saturated carbocycles. The van der Waals surface area contributed by atoms with E-state index in [1.165, 1.54) is 0 Å². The topological polar surface area (TPSA) is 239 Å². The summed E-state index contributed by atoms with van der Waals surface area (Å²) >= 11 is 0. The third-order valence-corrected chi connectivity index (χ3v) is 36.6. The average Bonchev–Trinajstić information content (AvgIpc) is 1.55. The number of nitrogens with one attached hydrogen (secondary N) is 4. The molecule has 24 nitrogen and oxygen atoms in total. The summed E-state index contributed by atoms with van der Waals surface area (Å²) in [6.07, 6.45) is 8.91. The summed E-state index contributed by atoms with van der Waals surface area (Å²) in [5.41, 5.74) is 0. The van der Waals surface area contributed by atoms with E-state index < -0.39 is 58.6 Å². The normalized spacial score (nSPS) is 30.1. The van der Waals surface area contributed by atoms with Crippen molar-refractivity contribution in [3.05, 3.63) is 0 Å². The van der Waals surface area contributed by atoms with Crippen molar-refractivity contribution >= 4 is 58.6 Å². The highest BCUT2D eigenvalue weighted by Gasteiger charge is 2.56. The summed E-state index contributed by atoms with van der Waals surface area (Å²) in [5, 5.41) is 11.5. The lowest BCUT2D eigenvalue weighted by Gasteiger charge is -2.50. The Morgan fingerprint density at radius 3 is 0.750 bits per heavy atom. The second-order valence-electron chi connectivity index (χ2n) is 25.6. The van der Waals surface area contributed by atoms with Gasteiger partial charge in [-0.3, -0.25) is 19.6 Å². The predicted molar refractivity (Wildman–Crippen MR) is 349 cm³/mol. The number of hydrogen-bond donors (Lipinski definition) is 4. The van der Waals surface area contributed by atoms with Gasteiger partial charge in [-0.1, -0.05) is 27.7 Å². The van der Waals surface area contributed by atoms with Crippen molar-refractivity contribution in [3.63, 3.8) is 0 Å². The van der Waals surface area contributed by atoms with Gasteiger partial charge in [0.1, 0.15) is 26.4 Å². The van der Waals surface area contributed by atoms with Crippen LogP contribution in [0, 0.1) is 0 Å². The van der Waals surface area contributed by atoms with Crippen LogP contribution in [0.5, 0.6) is 0 Å². The van der Waals surface area contributed by atoms with Gasteiger partial charge in [0.15, 0.2) is 0 Å². The summed E-state index contributed by atoms with van der Waals surface area (Å²) in [6.45, 7) is 36.1. The second kappa shape index (κ2) is 39.9. The van der Waals surface area contributed by atoms with Gasteiger partial charge in [-0.05, 0) is 155 Å². The molecule has 5 heterocycles. The molecule has 4 N–H and O–H groups in total. The zero-order valence-electron chi connectivity index (χ0n) is 56.4. The van der Waals surface area contributed by atoms with Crippen LogP contribution in [0.1, 0.15) is 132 Å². The van der Waals surface area contributed by atoms with Crippen LogP contribution in [0.2, 0.25) is 50.4 Å². The lowest BCUT2D eigenvalue weighted by atomic mass is 10.2. The molecule has 5 aliphatic heterocycles. The van der Waals surface area contributed by atoms with E-state index >= 15 is 0 Å². The summed E-state index contributed by atoms with van der Waals surface area (Å²) < 4.78 is 75.4. The predicted octanol–water partition coefficient (Wildman–Crippen LogP) is 8.38. The Kier molecular flexibility index (Phi) is 34.5. The van der Waals surface area contributed by atoms with Crippen molar-refractivity contribution in [3.8, 4) is 0 Å². The molecule has 0 aromatic rings. The summed E-state index contributed by atoms with van der Waals surface area (Å²) in [6, 6.07) is 6.81. The molecule has 5 fully saturated rings. The van der Waals surface area contributed by atoms with Gasteiger partial charge in [0.2, 0.25) is 0 Å². The van der Waals surface area contributed by atoms with Crippen molar-refractivity contribution < 1.29 is 73.5 Å². The monoisotopic (exact) mass is 1320 g/mol. The van der Waals surface area contributed by atoms with Crippen LogP contribution < -0.4 is 21.3 Å². The molecule has 12 unspecified atom stereocenters. The number of alkyl carbamates (subject to hydrolysis) is 4. The van der Waals surface area contributed by atoms with Crippen molar-refractivity contribution in [2.75, 3.05) is 132 Å². The number of carbonyl (C=O) groups is 4. The highest BCUT2D eigenvalue weighted by molar-refractivity contribution is 6.93. The maximum Gasteiger partial charge on any atom is 0.407 e. The molecule has 0 aromatic heterocycles. The first kappa shape index (κ1) is 76.2. The molecule has 0 aromatic carbocycles. The van der Waals surface area contributed by atoms with Crippen LogP contribution in [-0.2, 0) is 54.4 Å². The fourth-order valence-corrected chi connectivity index (χ4v) is 35.5. The Balaban J connectivity index is 1.13. The zero-order valence-corrected chi connectivity index (χ0v) is 60.4. The molecule has 88 heavy (non-hydrogen) atoms. The van der Waals surface area contributed by atoms with Crippen LogP contribution >= 0.6 is 0 Å². The Hall–Kier alpha value is -2.53. The van der Waals surface area contributed by atoms with E-state index in [-0.39, 0.29) is 52.9 Å². The van der Waals surface area contributed by atoms with Crippen molar-refractivity contribution in [1.82, 2.24) is 40.9 Å². The van der Waals surface area contributed by atoms with E-state index in [4.69, 9.17) is 54.4 Å². The minimum Gasteiger partial charge on any atom is -0.447 e. The molecule has 0 spiro atoms. The van der Waals surface area contributed by atoms with Crippen molar-refractivity contribution in [1.29, 1.82) is 0 Å². The third kappa shape index (κ3) is 30.0. The number of ether oxygens (including phenoxy) is 8. The Morgan fingerprint density at radius 2 is 0.568 bits per heavy atom. The van der Waals surface area contributed by atoms with Gasteiger partial charge in [0.05, 0.1) is 26.4 Å². The summed E-state index contributed by atoms with van der Waals surface area (Å²) in [4.78, 5) is 59.7. The number of hydrogen-bond acceptors (Lipinski definition) is 20. The molecule has 5 saturated heterocycles. The first-order chi connectivity index (χ1) is 42.2. The summed E-state index contributed by atoms with van der Waals surface area (Å²) in [7, 11) is -12.3. The lowest BCUT2D eigenvalue weighted by molar-refractivity contribution is 0.0713. The van der Waals surface area contributed by atoms with Gasteiger partial charge >= 0.3 is 58.6 Å². The Bertz CT molecular complexity index is 1740. The Labute approximate surface area is 533 Å². The first-order valence-corrected chi connectivity index (χ1v) is 44.0. The molecule has 12 atom stereocenters. The van der Waals surface area contributed by atoms with Crippen molar-refractivity contribution in [2.45, 2.75) is 231 Å². The first-order valence-electron chi connectivity index (χ1n) is 33.9. The van der Waals surface area contributed by atoms with Crippen LogP contribution in [0.3, 0.4) is 0 Å². The van der Waals surface area contributed by atoms with Gasteiger partial charge in [-0.2, -0.15) is 0 Å². The third-order valence-electron chi connectivity index (χ3n) is 17.8. The number of amides is 4. The fraction of sp³-hybridized carbons (Fsp3) is 0.933. The van der Waals surface area contributed by atoms with Crippen LogP contribution in [0.25, 0.3) is 0 Å². The molecule has 5 aliphatic rings. The molecule has 28 heteroatoms. The van der Waals surface area contributed by atoms with Gasteiger partial charge in [0, 0.05) is 127 Å². The maximum absolute atomic E-state index is 12.5. The molecule has 0 radical (unpaired) electrons. The molecule has 4 amide bonds. The molecule has 512 valence electrons. The lowest BCUT2D eigenvalue weighted by Crippen LogP contribution is -2.67. The molecule has 5 rings (SSSR count). The van der Waals surface area contributed by atoms with E-state index in [1.54, 1.807) is 0 Å². The number of rotatable bonds is 48. The molecular formula is C60H120N8O16Si4. The van der Waals surface area contributed by atoms with E-state index in [0.29, 0.717) is 151 Å². The van der Waals surface area contributed by atoms with E-state index in [9.17, 15) is 19.2 Å². The largest absolute Gasteiger partial charge is 0.447 e. The smallest absolute Gasteiger partial charge is 0.407 e. The highest BCUT2D eigenvalue weighted by Crippen LogP contribution is 2.39. The van der Waals surface area contributed by atoms with Gasteiger partial charge in [0.25, 0.3) is 0 Å². The average molecular weight is 1320 g/mol. The van der Waals surface area contributed by atoms with Gasteiger partial charge in [-0.15, -0.1) is 0 Å². The van der Waals surface area contributed by atoms with Gasteiger partial charge in [-0.25, -0.2) is 19.2 Å². The molecule has 0 aliphatic carbocycles. The summed E-state index contributed by atoms with van der Waals surface area (Å²) in [5.74, 6) is 0. The van der Waals surface area contributed by atoms with E-state index in [1.807, 2.05) is 0 Å². The Morgan fingerprint density at radius 1 is 0.364 bits per heavy atom. The fourth-order valence-electron chi connectivity index (χ4n) is 12.3. The van der Waals surface area contributed by atoms with E-state index in [2.05, 4.69) is 122 Å². The number of nitrogens with zero attached hydrogens (tertiary/aromatic N) is 4. The van der Waals surface area contributed by atoms with Crippen molar-refractivity contribution in [2.24, 2.45) is 0 Å². The number of carbonyl (C=O) groups excluding carboxylic acids is 4.